The normalized spacial score (nSPS) is 14.8. The molecule has 2 heterocycles. The van der Waals surface area contributed by atoms with Crippen molar-refractivity contribution in [3.63, 3.8) is 0 Å². The van der Waals surface area contributed by atoms with Crippen molar-refractivity contribution in [3.05, 3.63) is 54.2 Å². The van der Waals surface area contributed by atoms with Crippen LogP contribution < -0.4 is 15.5 Å². The van der Waals surface area contributed by atoms with Crippen molar-refractivity contribution in [1.29, 1.82) is 0 Å². The molecule has 3 rings (SSSR count). The van der Waals surface area contributed by atoms with Gasteiger partial charge < -0.3 is 20.4 Å². The number of pyridine rings is 1. The quantitative estimate of drug-likeness (QED) is 0.424. The van der Waals surface area contributed by atoms with Crippen molar-refractivity contribution in [2.45, 2.75) is 12.8 Å². The fraction of sp³-hybridized carbons (Fsp3) is 0.429. The zero-order valence-electron chi connectivity index (χ0n) is 16.7. The van der Waals surface area contributed by atoms with E-state index < -0.39 is 5.82 Å². The Kier molecular flexibility index (Phi) is 7.61. The van der Waals surface area contributed by atoms with Gasteiger partial charge in [-0.05, 0) is 37.1 Å². The highest BCUT2D eigenvalue weighted by atomic mass is 19.1. The van der Waals surface area contributed by atoms with Gasteiger partial charge in [-0.25, -0.2) is 13.8 Å². The fourth-order valence-electron chi connectivity index (χ4n) is 3.35. The van der Waals surface area contributed by atoms with Crippen LogP contribution >= 0.6 is 0 Å². The Morgan fingerprint density at radius 2 is 1.86 bits per heavy atom. The maximum atomic E-state index is 14.0. The Labute approximate surface area is 170 Å². The zero-order valence-corrected chi connectivity index (χ0v) is 16.7. The van der Waals surface area contributed by atoms with Gasteiger partial charge in [0.05, 0.1) is 5.69 Å². The third-order valence-electron chi connectivity index (χ3n) is 4.90. The molecule has 0 radical (unpaired) electrons. The second-order valence-corrected chi connectivity index (χ2v) is 6.89. The van der Waals surface area contributed by atoms with E-state index in [9.17, 15) is 8.78 Å². The lowest BCUT2D eigenvalue weighted by molar-refractivity contribution is 0.370. The van der Waals surface area contributed by atoms with E-state index in [0.717, 1.165) is 43.8 Å². The predicted octanol–water partition coefficient (Wildman–Crippen LogP) is 2.95. The van der Waals surface area contributed by atoms with Gasteiger partial charge in [0, 0.05) is 58.6 Å². The highest BCUT2D eigenvalue weighted by molar-refractivity contribution is 5.80. The first-order chi connectivity index (χ1) is 14.2. The molecule has 1 saturated heterocycles. The molecule has 1 aliphatic rings. The minimum Gasteiger partial charge on any atom is -0.370 e. The van der Waals surface area contributed by atoms with Crippen LogP contribution in [0, 0.1) is 11.6 Å². The largest absolute Gasteiger partial charge is 0.370 e. The molecule has 1 aromatic carbocycles. The van der Waals surface area contributed by atoms with Crippen molar-refractivity contribution in [2.75, 3.05) is 56.5 Å². The van der Waals surface area contributed by atoms with E-state index >= 15 is 0 Å². The molecule has 1 aromatic heterocycles. The summed E-state index contributed by atoms with van der Waals surface area (Å²) in [6.45, 7) is 4.35. The molecule has 0 spiro atoms. The molecule has 0 unspecified atom stereocenters. The van der Waals surface area contributed by atoms with Crippen LogP contribution in [0.2, 0.25) is 0 Å². The number of rotatable bonds is 7. The number of hydrogen-bond acceptors (Lipinski definition) is 4. The molecule has 0 amide bonds. The third-order valence-corrected chi connectivity index (χ3v) is 4.90. The summed E-state index contributed by atoms with van der Waals surface area (Å²) >= 11 is 0. The molecule has 0 saturated carbocycles. The molecular formula is C21H28F2N6. The monoisotopic (exact) mass is 402 g/mol. The minimum atomic E-state index is -0.418. The van der Waals surface area contributed by atoms with Gasteiger partial charge in [-0.3, -0.25) is 4.99 Å². The van der Waals surface area contributed by atoms with Gasteiger partial charge in [0.15, 0.2) is 5.96 Å². The van der Waals surface area contributed by atoms with Crippen LogP contribution in [-0.4, -0.2) is 62.2 Å². The van der Waals surface area contributed by atoms with E-state index in [1.807, 2.05) is 23.1 Å². The highest BCUT2D eigenvalue weighted by Gasteiger charge is 2.21. The number of nitrogens with zero attached hydrogens (tertiary/aromatic N) is 4. The standard InChI is InChI=1S/C21H28F2N6/c1-24-21(27-11-5-4-10-26-20-6-2-3-9-25-20)29-14-12-28(13-15-29)19-16-17(22)7-8-18(19)23/h2-3,6-9,16H,4-5,10-15H2,1H3,(H,24,27)(H,25,26). The zero-order chi connectivity index (χ0) is 20.5. The first-order valence-electron chi connectivity index (χ1n) is 9.98. The van der Waals surface area contributed by atoms with E-state index in [2.05, 4.69) is 25.5 Å². The SMILES string of the molecule is CN=C(NCCCCNc1ccccn1)N1CCN(c2cc(F)ccc2F)CC1. The highest BCUT2D eigenvalue weighted by Crippen LogP contribution is 2.21. The molecule has 0 bridgehead atoms. The van der Waals surface area contributed by atoms with Gasteiger partial charge in [-0.15, -0.1) is 0 Å². The molecule has 6 nitrogen and oxygen atoms in total. The van der Waals surface area contributed by atoms with Crippen LogP contribution in [0.5, 0.6) is 0 Å². The number of guanidine groups is 1. The summed E-state index contributed by atoms with van der Waals surface area (Å²) in [5.74, 6) is 0.937. The Hall–Kier alpha value is -2.90. The van der Waals surface area contributed by atoms with E-state index in [1.54, 1.807) is 13.2 Å². The van der Waals surface area contributed by atoms with Gasteiger partial charge in [0.2, 0.25) is 0 Å². The van der Waals surface area contributed by atoms with Gasteiger partial charge in [0.25, 0.3) is 0 Å². The topological polar surface area (TPSA) is 55.8 Å². The number of aliphatic imine (C=N–C) groups is 1. The van der Waals surface area contributed by atoms with Crippen LogP contribution in [0.15, 0.2) is 47.6 Å². The molecule has 29 heavy (non-hydrogen) atoms. The molecule has 2 aromatic rings. The molecule has 156 valence electrons. The van der Waals surface area contributed by atoms with E-state index in [4.69, 9.17) is 0 Å². The molecular weight excluding hydrogens is 374 g/mol. The van der Waals surface area contributed by atoms with E-state index in [-0.39, 0.29) is 5.82 Å². The van der Waals surface area contributed by atoms with Crippen molar-refractivity contribution >= 4 is 17.5 Å². The summed E-state index contributed by atoms with van der Waals surface area (Å²) in [5.41, 5.74) is 0.327. The summed E-state index contributed by atoms with van der Waals surface area (Å²) in [6, 6.07) is 9.40. The molecule has 8 heteroatoms. The molecule has 1 fully saturated rings. The maximum Gasteiger partial charge on any atom is 0.193 e. The lowest BCUT2D eigenvalue weighted by atomic mass is 10.2. The summed E-state index contributed by atoms with van der Waals surface area (Å²) in [6.07, 6.45) is 3.80. The summed E-state index contributed by atoms with van der Waals surface area (Å²) in [7, 11) is 1.77. The van der Waals surface area contributed by atoms with Gasteiger partial charge in [0.1, 0.15) is 17.5 Å². The smallest absolute Gasteiger partial charge is 0.193 e. The van der Waals surface area contributed by atoms with Crippen LogP contribution in [0.25, 0.3) is 0 Å². The number of hydrogen-bond donors (Lipinski definition) is 2. The van der Waals surface area contributed by atoms with Gasteiger partial charge in [-0.2, -0.15) is 0 Å². The second kappa shape index (κ2) is 10.6. The number of anilines is 2. The Balaban J connectivity index is 1.37. The molecule has 0 atom stereocenters. The fourth-order valence-corrected chi connectivity index (χ4v) is 3.35. The second-order valence-electron chi connectivity index (χ2n) is 6.89. The van der Waals surface area contributed by atoms with Crippen molar-refractivity contribution in [1.82, 2.24) is 15.2 Å². The third kappa shape index (κ3) is 6.04. The Morgan fingerprint density at radius 1 is 1.07 bits per heavy atom. The Bertz CT molecular complexity index is 791. The molecule has 0 aliphatic carbocycles. The van der Waals surface area contributed by atoms with Crippen LogP contribution in [0.1, 0.15) is 12.8 Å². The van der Waals surface area contributed by atoms with Crippen molar-refractivity contribution in [2.24, 2.45) is 4.99 Å². The average Bonchev–Trinajstić information content (AvgIpc) is 2.76. The summed E-state index contributed by atoms with van der Waals surface area (Å²) in [5, 5.41) is 6.69. The first kappa shape index (κ1) is 20.8. The van der Waals surface area contributed by atoms with Gasteiger partial charge >= 0.3 is 0 Å². The molecule has 2 N–H and O–H groups in total. The summed E-state index contributed by atoms with van der Waals surface area (Å²) in [4.78, 5) is 12.6. The minimum absolute atomic E-state index is 0.327. The number of aromatic nitrogens is 1. The maximum absolute atomic E-state index is 14.0. The number of benzene rings is 1. The van der Waals surface area contributed by atoms with Crippen molar-refractivity contribution in [3.8, 4) is 0 Å². The first-order valence-corrected chi connectivity index (χ1v) is 9.98. The van der Waals surface area contributed by atoms with Crippen LogP contribution in [0.4, 0.5) is 20.3 Å². The number of unbranched alkanes of at least 4 members (excludes halogenated alkanes) is 1. The van der Waals surface area contributed by atoms with Crippen molar-refractivity contribution < 1.29 is 8.78 Å². The van der Waals surface area contributed by atoms with Crippen LogP contribution in [0.3, 0.4) is 0 Å². The lowest BCUT2D eigenvalue weighted by Crippen LogP contribution is -2.52. The number of nitrogens with one attached hydrogen (secondary N) is 2. The van der Waals surface area contributed by atoms with Crippen LogP contribution in [-0.2, 0) is 0 Å². The van der Waals surface area contributed by atoms with Gasteiger partial charge in [-0.1, -0.05) is 6.07 Å². The van der Waals surface area contributed by atoms with E-state index in [1.165, 1.54) is 12.1 Å². The van der Waals surface area contributed by atoms with E-state index in [0.29, 0.717) is 31.9 Å². The number of halogens is 2. The predicted molar refractivity (Wildman–Crippen MR) is 113 cm³/mol. The number of piperazine rings is 1. The average molecular weight is 402 g/mol. The molecule has 1 aliphatic heterocycles. The Morgan fingerprint density at radius 3 is 2.59 bits per heavy atom. The summed E-state index contributed by atoms with van der Waals surface area (Å²) < 4.78 is 27.4. The lowest BCUT2D eigenvalue weighted by Gasteiger charge is -2.37.